The molecule has 2 heterocycles. The molecule has 1 atom stereocenters. The van der Waals surface area contributed by atoms with Gasteiger partial charge in [-0.1, -0.05) is 36.4 Å². The highest BCUT2D eigenvalue weighted by atomic mass is 19.1. The average molecular weight is 473 g/mol. The second-order valence-corrected chi connectivity index (χ2v) is 9.08. The SMILES string of the molecule is O=C(NCCN1CCCC1)c1cccc(NC2c3ccccc3C(=O)N2Cc2ccc(F)cc2)c1. The molecule has 1 unspecified atom stereocenters. The van der Waals surface area contributed by atoms with Crippen LogP contribution in [0.3, 0.4) is 0 Å². The van der Waals surface area contributed by atoms with Crippen molar-refractivity contribution < 1.29 is 14.0 Å². The maximum atomic E-state index is 13.4. The second-order valence-electron chi connectivity index (χ2n) is 9.08. The predicted molar refractivity (Wildman–Crippen MR) is 134 cm³/mol. The van der Waals surface area contributed by atoms with Gasteiger partial charge in [-0.3, -0.25) is 9.59 Å². The van der Waals surface area contributed by atoms with Crippen LogP contribution in [0.5, 0.6) is 0 Å². The fourth-order valence-corrected chi connectivity index (χ4v) is 4.82. The number of nitrogens with zero attached hydrogens (tertiary/aromatic N) is 2. The minimum atomic E-state index is -0.405. The maximum Gasteiger partial charge on any atom is 0.256 e. The lowest BCUT2D eigenvalue weighted by atomic mass is 10.1. The summed E-state index contributed by atoms with van der Waals surface area (Å²) in [6.07, 6.45) is 2.05. The lowest BCUT2D eigenvalue weighted by Gasteiger charge is -2.27. The van der Waals surface area contributed by atoms with Gasteiger partial charge in [0.05, 0.1) is 0 Å². The summed E-state index contributed by atoms with van der Waals surface area (Å²) >= 11 is 0. The molecular weight excluding hydrogens is 443 g/mol. The quantitative estimate of drug-likeness (QED) is 0.510. The van der Waals surface area contributed by atoms with Gasteiger partial charge in [0, 0.05) is 42.0 Å². The molecule has 2 amide bonds. The third-order valence-corrected chi connectivity index (χ3v) is 6.66. The van der Waals surface area contributed by atoms with Crippen LogP contribution in [0.4, 0.5) is 10.1 Å². The van der Waals surface area contributed by atoms with Gasteiger partial charge in [0.15, 0.2) is 0 Å². The van der Waals surface area contributed by atoms with E-state index < -0.39 is 6.17 Å². The molecule has 2 aliphatic rings. The van der Waals surface area contributed by atoms with Crippen LogP contribution in [0, 0.1) is 5.82 Å². The highest BCUT2D eigenvalue weighted by molar-refractivity contribution is 5.99. The summed E-state index contributed by atoms with van der Waals surface area (Å²) in [6, 6.07) is 21.0. The number of hydrogen-bond acceptors (Lipinski definition) is 4. The van der Waals surface area contributed by atoms with Crippen LogP contribution in [0.2, 0.25) is 0 Å². The zero-order chi connectivity index (χ0) is 24.2. The third kappa shape index (κ3) is 5.20. The van der Waals surface area contributed by atoms with E-state index in [0.717, 1.165) is 36.4 Å². The van der Waals surface area contributed by atoms with Gasteiger partial charge in [0.2, 0.25) is 0 Å². The van der Waals surface area contributed by atoms with Crippen molar-refractivity contribution >= 4 is 17.5 Å². The Labute approximate surface area is 204 Å². The molecule has 1 fully saturated rings. The zero-order valence-electron chi connectivity index (χ0n) is 19.5. The molecule has 0 radical (unpaired) electrons. The molecule has 0 saturated carbocycles. The Balaban J connectivity index is 1.31. The van der Waals surface area contributed by atoms with Crippen molar-refractivity contribution in [3.8, 4) is 0 Å². The van der Waals surface area contributed by atoms with Crippen molar-refractivity contribution in [1.29, 1.82) is 0 Å². The van der Waals surface area contributed by atoms with Crippen LogP contribution >= 0.6 is 0 Å². The van der Waals surface area contributed by atoms with E-state index in [2.05, 4.69) is 15.5 Å². The Hall–Kier alpha value is -3.71. The molecule has 3 aromatic carbocycles. The molecule has 180 valence electrons. The smallest absolute Gasteiger partial charge is 0.256 e. The summed E-state index contributed by atoms with van der Waals surface area (Å²) < 4.78 is 13.4. The Morgan fingerprint density at radius 2 is 1.74 bits per heavy atom. The Kier molecular flexibility index (Phi) is 6.77. The van der Waals surface area contributed by atoms with Gasteiger partial charge in [0.1, 0.15) is 12.0 Å². The van der Waals surface area contributed by atoms with Crippen molar-refractivity contribution in [2.45, 2.75) is 25.6 Å². The number of fused-ring (bicyclic) bond motifs is 1. The zero-order valence-corrected chi connectivity index (χ0v) is 19.5. The summed E-state index contributed by atoms with van der Waals surface area (Å²) in [5.41, 5.74) is 3.67. The molecule has 7 heteroatoms. The number of carbonyl (C=O) groups is 2. The van der Waals surface area contributed by atoms with Gasteiger partial charge in [-0.05, 0) is 67.9 Å². The second kappa shape index (κ2) is 10.3. The van der Waals surface area contributed by atoms with Gasteiger partial charge in [-0.2, -0.15) is 0 Å². The molecule has 35 heavy (non-hydrogen) atoms. The first kappa shape index (κ1) is 23.1. The van der Waals surface area contributed by atoms with Gasteiger partial charge in [-0.25, -0.2) is 4.39 Å². The number of rotatable bonds is 8. The molecule has 0 aromatic heterocycles. The lowest BCUT2D eigenvalue weighted by Crippen LogP contribution is -2.33. The number of halogens is 1. The summed E-state index contributed by atoms with van der Waals surface area (Å²) in [7, 11) is 0. The first-order valence-corrected chi connectivity index (χ1v) is 12.1. The van der Waals surface area contributed by atoms with E-state index in [-0.39, 0.29) is 17.6 Å². The number of carbonyl (C=O) groups excluding carboxylic acids is 2. The molecule has 5 rings (SSSR count). The predicted octanol–water partition coefficient (Wildman–Crippen LogP) is 4.42. The summed E-state index contributed by atoms with van der Waals surface area (Å²) in [5, 5.41) is 6.46. The van der Waals surface area contributed by atoms with Crippen molar-refractivity contribution in [3.05, 3.63) is 101 Å². The van der Waals surface area contributed by atoms with Gasteiger partial charge >= 0.3 is 0 Å². The van der Waals surface area contributed by atoms with E-state index in [4.69, 9.17) is 0 Å². The van der Waals surface area contributed by atoms with Crippen molar-refractivity contribution in [1.82, 2.24) is 15.1 Å². The molecule has 3 aromatic rings. The number of hydrogen-bond donors (Lipinski definition) is 2. The summed E-state index contributed by atoms with van der Waals surface area (Å²) in [4.78, 5) is 30.1. The van der Waals surface area contributed by atoms with Crippen molar-refractivity contribution in [3.63, 3.8) is 0 Å². The minimum absolute atomic E-state index is 0.0850. The topological polar surface area (TPSA) is 64.7 Å². The number of anilines is 1. The maximum absolute atomic E-state index is 13.4. The van der Waals surface area contributed by atoms with E-state index in [1.54, 1.807) is 23.1 Å². The van der Waals surface area contributed by atoms with Crippen LogP contribution in [-0.4, -0.2) is 47.8 Å². The van der Waals surface area contributed by atoms with E-state index in [0.29, 0.717) is 24.2 Å². The van der Waals surface area contributed by atoms with Crippen molar-refractivity contribution in [2.24, 2.45) is 0 Å². The molecule has 2 aliphatic heterocycles. The van der Waals surface area contributed by atoms with Crippen LogP contribution in [-0.2, 0) is 6.54 Å². The Morgan fingerprint density at radius 1 is 0.971 bits per heavy atom. The van der Waals surface area contributed by atoms with Crippen LogP contribution in [0.25, 0.3) is 0 Å². The summed E-state index contributed by atoms with van der Waals surface area (Å²) in [5.74, 6) is -0.507. The largest absolute Gasteiger partial charge is 0.361 e. The monoisotopic (exact) mass is 472 g/mol. The molecular formula is C28H29FN4O2. The number of benzene rings is 3. The van der Waals surface area contributed by atoms with E-state index in [9.17, 15) is 14.0 Å². The normalized spacial score (nSPS) is 17.5. The third-order valence-electron chi connectivity index (χ3n) is 6.66. The average Bonchev–Trinajstić information content (AvgIpc) is 3.48. The first-order valence-electron chi connectivity index (χ1n) is 12.1. The van der Waals surface area contributed by atoms with E-state index in [1.807, 2.05) is 42.5 Å². The van der Waals surface area contributed by atoms with Crippen molar-refractivity contribution in [2.75, 3.05) is 31.5 Å². The van der Waals surface area contributed by atoms with Gasteiger partial charge < -0.3 is 20.4 Å². The molecule has 0 bridgehead atoms. The van der Waals surface area contributed by atoms with Gasteiger partial charge in [-0.15, -0.1) is 0 Å². The fourth-order valence-electron chi connectivity index (χ4n) is 4.82. The number of amides is 2. The molecule has 0 aliphatic carbocycles. The molecule has 1 saturated heterocycles. The number of nitrogens with one attached hydrogen (secondary N) is 2. The highest BCUT2D eigenvalue weighted by Gasteiger charge is 2.36. The Bertz CT molecular complexity index is 1210. The first-order chi connectivity index (χ1) is 17.1. The minimum Gasteiger partial charge on any atom is -0.361 e. The van der Waals surface area contributed by atoms with E-state index in [1.165, 1.54) is 25.0 Å². The molecule has 2 N–H and O–H groups in total. The lowest BCUT2D eigenvalue weighted by molar-refractivity contribution is 0.0728. The van der Waals surface area contributed by atoms with Crippen LogP contribution in [0.1, 0.15) is 50.9 Å². The number of likely N-dealkylation sites (tertiary alicyclic amines) is 1. The molecule has 6 nitrogen and oxygen atoms in total. The van der Waals surface area contributed by atoms with Crippen LogP contribution < -0.4 is 10.6 Å². The van der Waals surface area contributed by atoms with Gasteiger partial charge in [0.25, 0.3) is 11.8 Å². The highest BCUT2D eigenvalue weighted by Crippen LogP contribution is 2.35. The standard InChI is InChI=1S/C28H29FN4O2/c29-22-12-10-20(11-13-22)19-33-26(24-8-1-2-9-25(24)28(33)35)31-23-7-5-6-21(18-23)27(34)30-14-17-32-15-3-4-16-32/h1-2,5-13,18,26,31H,3-4,14-17,19H2,(H,30,34). The molecule has 0 spiro atoms. The van der Waals surface area contributed by atoms with Crippen LogP contribution in [0.15, 0.2) is 72.8 Å². The van der Waals surface area contributed by atoms with E-state index >= 15 is 0 Å². The fraction of sp³-hybridized carbons (Fsp3) is 0.286. The Morgan fingerprint density at radius 3 is 2.54 bits per heavy atom. The summed E-state index contributed by atoms with van der Waals surface area (Å²) in [6.45, 7) is 4.02.